The van der Waals surface area contributed by atoms with Gasteiger partial charge in [0.2, 0.25) is 0 Å². The third-order valence-electron chi connectivity index (χ3n) is 2.14. The molecule has 0 spiro atoms. The lowest BCUT2D eigenvalue weighted by molar-refractivity contribution is 0.102. The Kier molecular flexibility index (Phi) is 3.76. The number of rotatable bonds is 2. The van der Waals surface area contributed by atoms with Crippen LogP contribution in [-0.4, -0.2) is 10.9 Å². The second-order valence-corrected chi connectivity index (χ2v) is 4.55. The Bertz CT molecular complexity index is 560. The lowest BCUT2D eigenvalue weighted by atomic mass is 10.2. The third kappa shape index (κ3) is 2.84. The van der Waals surface area contributed by atoms with Crippen molar-refractivity contribution >= 4 is 39.1 Å². The van der Waals surface area contributed by atoms with E-state index in [9.17, 15) is 4.79 Å². The predicted molar refractivity (Wildman–Crippen MR) is 71.3 cm³/mol. The zero-order valence-electron chi connectivity index (χ0n) is 8.65. The molecule has 0 saturated carbocycles. The molecule has 5 heteroatoms. The number of carbonyl (C=O) groups excluding carboxylic acids is 1. The fraction of sp³-hybridized carbons (Fsp3) is 0. The third-order valence-corrected chi connectivity index (χ3v) is 3.13. The van der Waals surface area contributed by atoms with Crippen molar-refractivity contribution in [1.29, 1.82) is 0 Å². The number of para-hydroxylation sites is 1. The second kappa shape index (κ2) is 5.29. The Hall–Kier alpha value is -1.39. The molecule has 0 aliphatic rings. The average molecular weight is 312 g/mol. The molecule has 3 nitrogen and oxygen atoms in total. The van der Waals surface area contributed by atoms with Crippen LogP contribution in [0.25, 0.3) is 0 Å². The van der Waals surface area contributed by atoms with E-state index in [1.807, 2.05) is 18.2 Å². The SMILES string of the molecule is O=C(Nc1ccccc1Br)c1ccncc1Cl. The van der Waals surface area contributed by atoms with Gasteiger partial charge in [-0.25, -0.2) is 0 Å². The summed E-state index contributed by atoms with van der Waals surface area (Å²) in [6.07, 6.45) is 2.97. The van der Waals surface area contributed by atoms with Gasteiger partial charge in [-0.3, -0.25) is 9.78 Å². The summed E-state index contributed by atoms with van der Waals surface area (Å²) in [6.45, 7) is 0. The van der Waals surface area contributed by atoms with Gasteiger partial charge < -0.3 is 5.32 Å². The van der Waals surface area contributed by atoms with E-state index >= 15 is 0 Å². The number of pyridine rings is 1. The van der Waals surface area contributed by atoms with Gasteiger partial charge in [-0.15, -0.1) is 0 Å². The maximum Gasteiger partial charge on any atom is 0.257 e. The monoisotopic (exact) mass is 310 g/mol. The lowest BCUT2D eigenvalue weighted by Crippen LogP contribution is -2.12. The van der Waals surface area contributed by atoms with Gasteiger partial charge in [-0.05, 0) is 34.1 Å². The van der Waals surface area contributed by atoms with Crippen molar-refractivity contribution in [3.63, 3.8) is 0 Å². The van der Waals surface area contributed by atoms with Gasteiger partial charge in [0.05, 0.1) is 16.3 Å². The highest BCUT2D eigenvalue weighted by Crippen LogP contribution is 2.23. The molecular formula is C12H8BrClN2O. The maximum atomic E-state index is 11.9. The fourth-order valence-corrected chi connectivity index (χ4v) is 1.90. The molecule has 2 aromatic rings. The molecule has 0 aliphatic heterocycles. The number of halogens is 2. The van der Waals surface area contributed by atoms with E-state index in [4.69, 9.17) is 11.6 Å². The molecule has 0 atom stereocenters. The first kappa shape index (κ1) is 12.1. The van der Waals surface area contributed by atoms with Crippen molar-refractivity contribution in [1.82, 2.24) is 4.98 Å². The minimum atomic E-state index is -0.260. The number of aromatic nitrogens is 1. The van der Waals surface area contributed by atoms with Gasteiger partial charge in [0.1, 0.15) is 0 Å². The van der Waals surface area contributed by atoms with E-state index in [0.29, 0.717) is 16.3 Å². The quantitative estimate of drug-likeness (QED) is 0.918. The van der Waals surface area contributed by atoms with Crippen LogP contribution >= 0.6 is 27.5 Å². The van der Waals surface area contributed by atoms with Crippen LogP contribution in [0.15, 0.2) is 47.2 Å². The Balaban J connectivity index is 2.24. The number of hydrogen-bond donors (Lipinski definition) is 1. The summed E-state index contributed by atoms with van der Waals surface area (Å²) >= 11 is 9.25. The summed E-state index contributed by atoms with van der Waals surface area (Å²) in [5.74, 6) is -0.260. The molecule has 0 unspecified atom stereocenters. The minimum Gasteiger partial charge on any atom is -0.321 e. The number of benzene rings is 1. The molecule has 1 aromatic heterocycles. The van der Waals surface area contributed by atoms with Gasteiger partial charge in [0.25, 0.3) is 5.91 Å². The van der Waals surface area contributed by atoms with Crippen LogP contribution < -0.4 is 5.32 Å². The molecule has 17 heavy (non-hydrogen) atoms. The zero-order valence-corrected chi connectivity index (χ0v) is 11.0. The predicted octanol–water partition coefficient (Wildman–Crippen LogP) is 3.75. The Morgan fingerprint density at radius 3 is 2.76 bits per heavy atom. The van der Waals surface area contributed by atoms with Crippen LogP contribution in [0.2, 0.25) is 5.02 Å². The van der Waals surface area contributed by atoms with E-state index in [1.54, 1.807) is 12.1 Å². The van der Waals surface area contributed by atoms with Crippen molar-refractivity contribution in [3.05, 3.63) is 57.8 Å². The van der Waals surface area contributed by atoms with Crippen LogP contribution in [0.4, 0.5) is 5.69 Å². The topological polar surface area (TPSA) is 42.0 Å². The van der Waals surface area contributed by atoms with Crippen molar-refractivity contribution in [3.8, 4) is 0 Å². The number of carbonyl (C=O) groups is 1. The number of amides is 1. The van der Waals surface area contributed by atoms with Gasteiger partial charge in [-0.2, -0.15) is 0 Å². The van der Waals surface area contributed by atoms with Crippen molar-refractivity contribution in [2.75, 3.05) is 5.32 Å². The average Bonchev–Trinajstić information content (AvgIpc) is 2.32. The van der Waals surface area contributed by atoms with E-state index in [0.717, 1.165) is 4.47 Å². The normalized spacial score (nSPS) is 10.0. The fourth-order valence-electron chi connectivity index (χ4n) is 1.31. The molecule has 0 saturated heterocycles. The number of hydrogen-bond acceptors (Lipinski definition) is 2. The molecule has 1 amide bonds. The Morgan fingerprint density at radius 1 is 1.29 bits per heavy atom. The highest BCUT2D eigenvalue weighted by molar-refractivity contribution is 9.10. The van der Waals surface area contributed by atoms with E-state index in [2.05, 4.69) is 26.2 Å². The molecule has 86 valence electrons. The standard InChI is InChI=1S/C12H8BrClN2O/c13-9-3-1-2-4-11(9)16-12(17)8-5-6-15-7-10(8)14/h1-7H,(H,16,17). The molecule has 1 heterocycles. The van der Waals surface area contributed by atoms with Crippen LogP contribution in [0.1, 0.15) is 10.4 Å². The van der Waals surface area contributed by atoms with Crippen LogP contribution in [-0.2, 0) is 0 Å². The second-order valence-electron chi connectivity index (χ2n) is 3.29. The Morgan fingerprint density at radius 2 is 2.06 bits per heavy atom. The smallest absolute Gasteiger partial charge is 0.257 e. The summed E-state index contributed by atoms with van der Waals surface area (Å²) in [4.78, 5) is 15.8. The van der Waals surface area contributed by atoms with E-state index in [1.165, 1.54) is 12.4 Å². The molecule has 0 bridgehead atoms. The van der Waals surface area contributed by atoms with Gasteiger partial charge >= 0.3 is 0 Å². The molecule has 0 radical (unpaired) electrons. The molecule has 0 aliphatic carbocycles. The largest absolute Gasteiger partial charge is 0.321 e. The van der Waals surface area contributed by atoms with Crippen molar-refractivity contribution in [2.45, 2.75) is 0 Å². The van der Waals surface area contributed by atoms with Gasteiger partial charge in [0, 0.05) is 16.9 Å². The van der Waals surface area contributed by atoms with Crippen molar-refractivity contribution < 1.29 is 4.79 Å². The molecule has 1 N–H and O–H groups in total. The molecule has 1 aromatic carbocycles. The number of nitrogens with zero attached hydrogens (tertiary/aromatic N) is 1. The summed E-state index contributed by atoms with van der Waals surface area (Å²) in [5.41, 5.74) is 1.10. The highest BCUT2D eigenvalue weighted by atomic mass is 79.9. The molecule has 2 rings (SSSR count). The first-order valence-electron chi connectivity index (χ1n) is 4.84. The van der Waals surface area contributed by atoms with Crippen LogP contribution in [0, 0.1) is 0 Å². The lowest BCUT2D eigenvalue weighted by Gasteiger charge is -2.07. The number of nitrogens with one attached hydrogen (secondary N) is 1. The summed E-state index contributed by atoms with van der Waals surface area (Å²) in [7, 11) is 0. The molecular weight excluding hydrogens is 304 g/mol. The van der Waals surface area contributed by atoms with Crippen LogP contribution in [0.3, 0.4) is 0 Å². The first-order valence-corrected chi connectivity index (χ1v) is 6.01. The van der Waals surface area contributed by atoms with Crippen molar-refractivity contribution in [2.24, 2.45) is 0 Å². The summed E-state index contributed by atoms with van der Waals surface area (Å²) < 4.78 is 0.818. The minimum absolute atomic E-state index is 0.260. The zero-order chi connectivity index (χ0) is 12.3. The van der Waals surface area contributed by atoms with Crippen LogP contribution in [0.5, 0.6) is 0 Å². The summed E-state index contributed by atoms with van der Waals surface area (Å²) in [6, 6.07) is 8.95. The van der Waals surface area contributed by atoms with Gasteiger partial charge in [0.15, 0.2) is 0 Å². The Labute approximate surface area is 112 Å². The van der Waals surface area contributed by atoms with E-state index < -0.39 is 0 Å². The number of anilines is 1. The first-order chi connectivity index (χ1) is 8.18. The molecule has 0 fully saturated rings. The van der Waals surface area contributed by atoms with Gasteiger partial charge in [-0.1, -0.05) is 23.7 Å². The highest BCUT2D eigenvalue weighted by Gasteiger charge is 2.11. The maximum absolute atomic E-state index is 11.9. The van der Waals surface area contributed by atoms with E-state index in [-0.39, 0.29) is 5.91 Å². The summed E-state index contributed by atoms with van der Waals surface area (Å²) in [5, 5.41) is 3.10.